The lowest BCUT2D eigenvalue weighted by atomic mass is 9.71. The number of esters is 1. The molecule has 7 heteroatoms. The number of para-hydroxylation sites is 4. The second-order valence-electron chi connectivity index (χ2n) is 10.5. The summed E-state index contributed by atoms with van der Waals surface area (Å²) in [5, 5.41) is 0. The minimum atomic E-state index is -0.423. The fourth-order valence-electron chi connectivity index (χ4n) is 5.72. The number of piperidine rings is 2. The Bertz CT molecular complexity index is 1310. The lowest BCUT2D eigenvalue weighted by Gasteiger charge is -2.47. The Hall–Kier alpha value is -3.84. The van der Waals surface area contributed by atoms with Crippen LogP contribution in [0.1, 0.15) is 48.5 Å². The summed E-state index contributed by atoms with van der Waals surface area (Å²) in [4.78, 5) is 29.1. The molecular weight excluding hydrogens is 492 g/mol. The van der Waals surface area contributed by atoms with Crippen molar-refractivity contribution in [3.05, 3.63) is 83.9 Å². The van der Waals surface area contributed by atoms with Crippen molar-refractivity contribution in [2.45, 2.75) is 39.2 Å². The second kappa shape index (κ2) is 11.9. The number of likely N-dealkylation sites (tertiary alicyclic amines) is 2. The number of hydrogen-bond acceptors (Lipinski definition) is 6. The van der Waals surface area contributed by atoms with E-state index in [4.69, 9.17) is 14.2 Å². The molecule has 2 heterocycles. The van der Waals surface area contributed by atoms with E-state index in [1.807, 2.05) is 41.3 Å². The molecule has 0 aliphatic carbocycles. The quantitative estimate of drug-likeness (QED) is 0.280. The normalized spacial score (nSPS) is 17.0. The van der Waals surface area contributed by atoms with Gasteiger partial charge in [0.15, 0.2) is 11.5 Å². The number of rotatable bonds is 7. The Morgan fingerprint density at radius 3 is 1.97 bits per heavy atom. The third kappa shape index (κ3) is 6.25. The van der Waals surface area contributed by atoms with Gasteiger partial charge in [-0.2, -0.15) is 0 Å². The van der Waals surface area contributed by atoms with Crippen LogP contribution in [-0.4, -0.2) is 55.0 Å². The predicted octanol–water partition coefficient (Wildman–Crippen LogP) is 5.93. The van der Waals surface area contributed by atoms with Crippen LogP contribution in [0.15, 0.2) is 72.8 Å². The number of hydrogen-bond donors (Lipinski definition) is 0. The Balaban J connectivity index is 1.17. The molecule has 0 radical (unpaired) electrons. The zero-order valence-electron chi connectivity index (χ0n) is 22.7. The highest BCUT2D eigenvalue weighted by atomic mass is 16.5. The lowest BCUT2D eigenvalue weighted by Crippen LogP contribution is -2.48. The maximum atomic E-state index is 13.2. The van der Waals surface area contributed by atoms with E-state index in [9.17, 15) is 9.59 Å². The molecule has 3 aromatic carbocycles. The van der Waals surface area contributed by atoms with Crippen LogP contribution in [0.2, 0.25) is 0 Å². The number of ether oxygens (including phenoxy) is 3. The summed E-state index contributed by atoms with van der Waals surface area (Å²) in [6.07, 6.45) is 4.23. The molecule has 0 aromatic heterocycles. The van der Waals surface area contributed by atoms with Crippen molar-refractivity contribution in [1.82, 2.24) is 9.80 Å². The topological polar surface area (TPSA) is 68.3 Å². The fourth-order valence-corrected chi connectivity index (χ4v) is 5.72. The molecule has 1 spiro atoms. The summed E-state index contributed by atoms with van der Waals surface area (Å²) in [7, 11) is 1.65. The first-order chi connectivity index (χ1) is 19.0. The standard InChI is InChI=1S/C32H36N2O5/c1-24(35)38-28-12-6-4-10-26(28)31(36)34-21-17-32(18-22-34)15-19-33(20-16-32)23-25-9-3-5-11-27(25)39-30-14-8-7-13-29(30)37-2/h3-14H,15-23H2,1-2H3. The van der Waals surface area contributed by atoms with Crippen LogP contribution in [0.4, 0.5) is 0 Å². The molecule has 2 saturated heterocycles. The maximum Gasteiger partial charge on any atom is 0.308 e. The Kier molecular flexibility index (Phi) is 8.17. The van der Waals surface area contributed by atoms with E-state index < -0.39 is 5.97 Å². The fraction of sp³-hybridized carbons (Fsp3) is 0.375. The number of nitrogens with zero attached hydrogens (tertiary/aromatic N) is 2. The number of carbonyl (C=O) groups excluding carboxylic acids is 2. The summed E-state index contributed by atoms with van der Waals surface area (Å²) in [5.74, 6) is 2.12. The number of amides is 1. The van der Waals surface area contributed by atoms with E-state index in [0.29, 0.717) is 22.8 Å². The molecule has 0 saturated carbocycles. The highest BCUT2D eigenvalue weighted by molar-refractivity contribution is 5.97. The third-order valence-electron chi connectivity index (χ3n) is 8.05. The molecule has 0 N–H and O–H groups in total. The average Bonchev–Trinajstić information content (AvgIpc) is 2.96. The van der Waals surface area contributed by atoms with Gasteiger partial charge in [0.25, 0.3) is 5.91 Å². The van der Waals surface area contributed by atoms with Crippen molar-refractivity contribution in [2.24, 2.45) is 5.41 Å². The molecule has 0 atom stereocenters. The molecule has 0 bridgehead atoms. The van der Waals surface area contributed by atoms with Crippen molar-refractivity contribution in [2.75, 3.05) is 33.3 Å². The van der Waals surface area contributed by atoms with Crippen LogP contribution in [-0.2, 0) is 11.3 Å². The van der Waals surface area contributed by atoms with Crippen LogP contribution in [0.5, 0.6) is 23.0 Å². The zero-order valence-corrected chi connectivity index (χ0v) is 22.7. The van der Waals surface area contributed by atoms with Gasteiger partial charge >= 0.3 is 5.97 Å². The number of carbonyl (C=O) groups is 2. The van der Waals surface area contributed by atoms with Crippen LogP contribution < -0.4 is 14.2 Å². The van der Waals surface area contributed by atoms with Crippen LogP contribution in [0.3, 0.4) is 0 Å². The molecule has 7 nitrogen and oxygen atoms in total. The first-order valence-electron chi connectivity index (χ1n) is 13.6. The molecule has 204 valence electrons. The first kappa shape index (κ1) is 26.8. The number of benzene rings is 3. The van der Waals surface area contributed by atoms with Gasteiger partial charge in [0.2, 0.25) is 0 Å². The van der Waals surface area contributed by atoms with E-state index in [-0.39, 0.29) is 11.3 Å². The largest absolute Gasteiger partial charge is 0.493 e. The Morgan fingerprint density at radius 2 is 1.31 bits per heavy atom. The summed E-state index contributed by atoms with van der Waals surface area (Å²) < 4.78 is 17.0. The van der Waals surface area contributed by atoms with Crippen molar-refractivity contribution < 1.29 is 23.8 Å². The minimum absolute atomic E-state index is 0.0641. The van der Waals surface area contributed by atoms with Gasteiger partial charge in [0.1, 0.15) is 11.5 Å². The number of methoxy groups -OCH3 is 1. The van der Waals surface area contributed by atoms with Gasteiger partial charge in [0.05, 0.1) is 12.7 Å². The molecule has 2 fully saturated rings. The lowest BCUT2D eigenvalue weighted by molar-refractivity contribution is -0.131. The van der Waals surface area contributed by atoms with E-state index in [0.717, 1.165) is 69.7 Å². The summed E-state index contributed by atoms with van der Waals surface area (Å²) in [6, 6.07) is 22.9. The smallest absolute Gasteiger partial charge is 0.308 e. The van der Waals surface area contributed by atoms with Gasteiger partial charge in [-0.3, -0.25) is 14.5 Å². The van der Waals surface area contributed by atoms with Crippen LogP contribution >= 0.6 is 0 Å². The first-order valence-corrected chi connectivity index (χ1v) is 13.6. The molecule has 1 amide bonds. The Labute approximate surface area is 230 Å². The molecule has 5 rings (SSSR count). The van der Waals surface area contributed by atoms with Crippen molar-refractivity contribution >= 4 is 11.9 Å². The minimum Gasteiger partial charge on any atom is -0.493 e. The monoisotopic (exact) mass is 528 g/mol. The van der Waals surface area contributed by atoms with E-state index in [2.05, 4.69) is 17.0 Å². The summed E-state index contributed by atoms with van der Waals surface area (Å²) >= 11 is 0. The van der Waals surface area contributed by atoms with Gasteiger partial charge in [-0.15, -0.1) is 0 Å². The van der Waals surface area contributed by atoms with Gasteiger partial charge in [-0.05, 0) is 74.5 Å². The molecule has 2 aliphatic rings. The second-order valence-corrected chi connectivity index (χ2v) is 10.5. The van der Waals surface area contributed by atoms with Gasteiger partial charge in [-0.25, -0.2) is 0 Å². The zero-order chi connectivity index (χ0) is 27.2. The highest BCUT2D eigenvalue weighted by Gasteiger charge is 2.39. The molecule has 39 heavy (non-hydrogen) atoms. The van der Waals surface area contributed by atoms with Crippen molar-refractivity contribution in [3.63, 3.8) is 0 Å². The summed E-state index contributed by atoms with van der Waals surface area (Å²) in [5.41, 5.74) is 1.88. The van der Waals surface area contributed by atoms with E-state index in [1.165, 1.54) is 6.92 Å². The van der Waals surface area contributed by atoms with Crippen molar-refractivity contribution in [3.8, 4) is 23.0 Å². The van der Waals surface area contributed by atoms with Crippen molar-refractivity contribution in [1.29, 1.82) is 0 Å². The van der Waals surface area contributed by atoms with E-state index >= 15 is 0 Å². The van der Waals surface area contributed by atoms with Gasteiger partial charge in [-0.1, -0.05) is 42.5 Å². The Morgan fingerprint density at radius 1 is 0.744 bits per heavy atom. The van der Waals surface area contributed by atoms with Crippen LogP contribution in [0, 0.1) is 5.41 Å². The van der Waals surface area contributed by atoms with Gasteiger partial charge in [0, 0.05) is 32.1 Å². The third-order valence-corrected chi connectivity index (χ3v) is 8.05. The SMILES string of the molecule is COc1ccccc1Oc1ccccc1CN1CCC2(CC1)CCN(C(=O)c1ccccc1OC(C)=O)CC2. The molecule has 0 unspecified atom stereocenters. The average molecular weight is 529 g/mol. The van der Waals surface area contributed by atoms with E-state index in [1.54, 1.807) is 31.4 Å². The summed E-state index contributed by atoms with van der Waals surface area (Å²) in [6.45, 7) is 5.67. The predicted molar refractivity (Wildman–Crippen MR) is 149 cm³/mol. The van der Waals surface area contributed by atoms with Crippen LogP contribution in [0.25, 0.3) is 0 Å². The molecular formula is C32H36N2O5. The maximum absolute atomic E-state index is 13.2. The molecule has 2 aliphatic heterocycles. The highest BCUT2D eigenvalue weighted by Crippen LogP contribution is 2.42. The van der Waals surface area contributed by atoms with Gasteiger partial charge < -0.3 is 19.1 Å². The molecule has 3 aromatic rings.